The maximum Gasteiger partial charge on any atom is 0.0529 e. The van der Waals surface area contributed by atoms with E-state index in [1.165, 1.54) is 34.4 Å². The third-order valence-electron chi connectivity index (χ3n) is 6.50. The van der Waals surface area contributed by atoms with Crippen LogP contribution in [-0.2, 0) is 0 Å². The van der Waals surface area contributed by atoms with Crippen LogP contribution in [0, 0.1) is 0 Å². The SMILES string of the molecule is CC(C)c1ccc(NCCC2=C(N)C=C(CC3=C/C=N/C=C(NC4CNC4)\C=C\3)CC2)cc1.CCC. The number of benzene rings is 1. The van der Waals surface area contributed by atoms with Crippen LogP contribution in [0.15, 0.2) is 87.9 Å². The Morgan fingerprint density at radius 2 is 1.83 bits per heavy atom. The fraction of sp³-hybridized carbons (Fsp3) is 0.452. The highest BCUT2D eigenvalue weighted by atomic mass is 15.1. The summed E-state index contributed by atoms with van der Waals surface area (Å²) in [5.41, 5.74) is 15.0. The molecule has 3 aliphatic rings. The number of hydrogen-bond donors (Lipinski definition) is 4. The van der Waals surface area contributed by atoms with Gasteiger partial charge in [0.05, 0.1) is 11.7 Å². The van der Waals surface area contributed by atoms with Gasteiger partial charge in [-0.15, -0.1) is 0 Å². The molecule has 0 radical (unpaired) electrons. The van der Waals surface area contributed by atoms with Gasteiger partial charge in [0.15, 0.2) is 0 Å². The van der Waals surface area contributed by atoms with Crippen molar-refractivity contribution >= 4 is 11.9 Å². The Bertz CT molecular complexity index is 1020. The third-order valence-corrected chi connectivity index (χ3v) is 6.50. The molecule has 1 saturated heterocycles. The van der Waals surface area contributed by atoms with E-state index in [9.17, 15) is 0 Å². The van der Waals surface area contributed by atoms with Crippen LogP contribution in [0.2, 0.25) is 0 Å². The summed E-state index contributed by atoms with van der Waals surface area (Å²) in [6, 6.07) is 9.26. The molecule has 1 fully saturated rings. The summed E-state index contributed by atoms with van der Waals surface area (Å²) in [7, 11) is 0. The highest BCUT2D eigenvalue weighted by Crippen LogP contribution is 2.28. The number of hydrogen-bond acceptors (Lipinski definition) is 5. The summed E-state index contributed by atoms with van der Waals surface area (Å²) in [4.78, 5) is 4.41. The standard InChI is InChI=1S/C28H37N5.C3H8/c1-20(2)23-6-9-25(10-7-23)32-14-12-24-5-3-22(16-28(24)29)15-21-4-8-26(17-30-13-11-21)33-27-18-31-19-27;1-3-2/h4,6-11,13,16-17,20,27,31-33H,3,5,12,14-15,18-19,29H2,1-2H3;3H2,1-2H3/b8-4+,13-11?,21-4?,21-11+,26-8?,26-17+,30-13+,30-17?;. The second-order valence-electron chi connectivity index (χ2n) is 10.2. The predicted molar refractivity (Wildman–Crippen MR) is 156 cm³/mol. The van der Waals surface area contributed by atoms with Gasteiger partial charge in [0.2, 0.25) is 0 Å². The monoisotopic (exact) mass is 487 g/mol. The second kappa shape index (κ2) is 14.5. The van der Waals surface area contributed by atoms with Crippen LogP contribution in [0.3, 0.4) is 0 Å². The number of nitrogens with zero attached hydrogens (tertiary/aromatic N) is 1. The van der Waals surface area contributed by atoms with Crippen molar-refractivity contribution in [2.24, 2.45) is 10.7 Å². The third kappa shape index (κ3) is 8.87. The number of aliphatic imine (C=N–C) groups is 1. The van der Waals surface area contributed by atoms with Crippen molar-refractivity contribution in [3.8, 4) is 0 Å². The molecule has 0 bridgehead atoms. The molecule has 2 aliphatic heterocycles. The van der Waals surface area contributed by atoms with Crippen LogP contribution in [0.1, 0.15) is 71.3 Å². The Morgan fingerprint density at radius 1 is 1.08 bits per heavy atom. The summed E-state index contributed by atoms with van der Waals surface area (Å²) in [5, 5.41) is 10.3. The van der Waals surface area contributed by atoms with Crippen molar-refractivity contribution in [1.29, 1.82) is 0 Å². The average Bonchev–Trinajstić information content (AvgIpc) is 2.81. The van der Waals surface area contributed by atoms with E-state index in [1.54, 1.807) is 0 Å². The Morgan fingerprint density at radius 3 is 2.47 bits per heavy atom. The molecule has 5 heteroatoms. The van der Waals surface area contributed by atoms with Crippen molar-refractivity contribution in [3.63, 3.8) is 0 Å². The first-order valence-electron chi connectivity index (χ1n) is 13.6. The molecular formula is C31H45N5. The van der Waals surface area contributed by atoms with Crippen LogP contribution >= 0.6 is 0 Å². The van der Waals surface area contributed by atoms with E-state index in [1.807, 2.05) is 12.4 Å². The summed E-state index contributed by atoms with van der Waals surface area (Å²) >= 11 is 0. The maximum atomic E-state index is 6.45. The topological polar surface area (TPSA) is 74.5 Å². The van der Waals surface area contributed by atoms with Gasteiger partial charge in [0.25, 0.3) is 0 Å². The van der Waals surface area contributed by atoms with Gasteiger partial charge >= 0.3 is 0 Å². The first-order chi connectivity index (χ1) is 17.5. The summed E-state index contributed by atoms with van der Waals surface area (Å²) in [6.45, 7) is 11.6. The highest BCUT2D eigenvalue weighted by molar-refractivity contribution is 5.74. The molecular weight excluding hydrogens is 442 g/mol. The van der Waals surface area contributed by atoms with E-state index < -0.39 is 0 Å². The first kappa shape index (κ1) is 27.5. The molecule has 0 unspecified atom stereocenters. The zero-order valence-electron chi connectivity index (χ0n) is 22.6. The molecule has 1 aromatic rings. The van der Waals surface area contributed by atoms with E-state index >= 15 is 0 Å². The Labute approximate surface area is 218 Å². The van der Waals surface area contributed by atoms with Gasteiger partial charge in [-0.2, -0.15) is 0 Å². The van der Waals surface area contributed by atoms with Gasteiger partial charge in [-0.05, 0) is 78.7 Å². The number of allylic oxidation sites excluding steroid dienone is 6. The molecule has 1 aliphatic carbocycles. The molecule has 0 amide bonds. The lowest BCUT2D eigenvalue weighted by Crippen LogP contribution is -2.54. The zero-order valence-corrected chi connectivity index (χ0v) is 22.6. The minimum absolute atomic E-state index is 0.501. The summed E-state index contributed by atoms with van der Waals surface area (Å²) in [5.74, 6) is 0.563. The van der Waals surface area contributed by atoms with Gasteiger partial charge in [-0.1, -0.05) is 57.9 Å². The Hall–Kier alpha value is -3.05. The van der Waals surface area contributed by atoms with Crippen molar-refractivity contribution < 1.29 is 0 Å². The normalized spacial score (nSPS) is 22.4. The van der Waals surface area contributed by atoms with Gasteiger partial charge in [0.1, 0.15) is 0 Å². The van der Waals surface area contributed by atoms with Gasteiger partial charge in [-0.3, -0.25) is 4.99 Å². The molecule has 36 heavy (non-hydrogen) atoms. The van der Waals surface area contributed by atoms with E-state index in [0.29, 0.717) is 12.0 Å². The van der Waals surface area contributed by atoms with E-state index in [0.717, 1.165) is 56.7 Å². The summed E-state index contributed by atoms with van der Waals surface area (Å²) in [6.07, 6.45) is 17.6. The van der Waals surface area contributed by atoms with Crippen molar-refractivity contribution in [2.75, 3.05) is 25.0 Å². The lowest BCUT2D eigenvalue weighted by atomic mass is 9.90. The van der Waals surface area contributed by atoms with Crippen LogP contribution < -0.4 is 21.7 Å². The number of rotatable bonds is 9. The van der Waals surface area contributed by atoms with Crippen molar-refractivity contribution in [1.82, 2.24) is 10.6 Å². The summed E-state index contributed by atoms with van der Waals surface area (Å²) < 4.78 is 0. The van der Waals surface area contributed by atoms with Crippen molar-refractivity contribution in [2.45, 2.75) is 71.8 Å². The molecule has 5 nitrogen and oxygen atoms in total. The molecule has 0 spiro atoms. The maximum absolute atomic E-state index is 6.45. The molecule has 0 saturated carbocycles. The number of nitrogens with two attached hydrogens (primary N) is 1. The smallest absolute Gasteiger partial charge is 0.0529 e. The quantitative estimate of drug-likeness (QED) is 0.329. The Balaban J connectivity index is 0.00000115. The van der Waals surface area contributed by atoms with Gasteiger partial charge in [-0.25, -0.2) is 0 Å². The molecule has 5 N–H and O–H groups in total. The highest BCUT2D eigenvalue weighted by Gasteiger charge is 2.16. The lowest BCUT2D eigenvalue weighted by Gasteiger charge is -2.29. The van der Waals surface area contributed by atoms with Crippen LogP contribution in [0.4, 0.5) is 5.69 Å². The fourth-order valence-corrected chi connectivity index (χ4v) is 4.25. The zero-order chi connectivity index (χ0) is 25.8. The molecule has 4 rings (SSSR count). The largest absolute Gasteiger partial charge is 0.399 e. The van der Waals surface area contributed by atoms with E-state index in [-0.39, 0.29) is 0 Å². The van der Waals surface area contributed by atoms with Crippen LogP contribution in [0.25, 0.3) is 0 Å². The Kier molecular flexibility index (Phi) is 11.1. The molecule has 2 heterocycles. The van der Waals surface area contributed by atoms with Crippen LogP contribution in [0.5, 0.6) is 0 Å². The van der Waals surface area contributed by atoms with Crippen LogP contribution in [-0.4, -0.2) is 31.9 Å². The molecule has 0 atom stereocenters. The predicted octanol–water partition coefficient (Wildman–Crippen LogP) is 6.32. The first-order valence-corrected chi connectivity index (χ1v) is 13.6. The van der Waals surface area contributed by atoms with Gasteiger partial charge in [0, 0.05) is 43.4 Å². The number of nitrogens with one attached hydrogen (secondary N) is 3. The fourth-order valence-electron chi connectivity index (χ4n) is 4.25. The molecule has 1 aromatic carbocycles. The average molecular weight is 488 g/mol. The minimum atomic E-state index is 0.501. The van der Waals surface area contributed by atoms with E-state index in [4.69, 9.17) is 5.73 Å². The lowest BCUT2D eigenvalue weighted by molar-refractivity contribution is 0.395. The molecule has 194 valence electrons. The van der Waals surface area contributed by atoms with E-state index in [2.05, 4.69) is 97.2 Å². The second-order valence-corrected chi connectivity index (χ2v) is 10.2. The molecule has 0 aromatic heterocycles. The van der Waals surface area contributed by atoms with Gasteiger partial charge < -0.3 is 21.7 Å². The van der Waals surface area contributed by atoms with Crippen molar-refractivity contribution in [3.05, 3.63) is 88.4 Å². The number of anilines is 1. The minimum Gasteiger partial charge on any atom is -0.399 e.